The van der Waals surface area contributed by atoms with Gasteiger partial charge in [0.2, 0.25) is 0 Å². The zero-order chi connectivity index (χ0) is 19.4. The van der Waals surface area contributed by atoms with Crippen LogP contribution < -0.4 is 0 Å². The fourth-order valence-corrected chi connectivity index (χ4v) is 8.87. The van der Waals surface area contributed by atoms with E-state index in [1.54, 1.807) is 0 Å². The Hall–Kier alpha value is -0.120. The second-order valence-electron chi connectivity index (χ2n) is 11.3. The van der Waals surface area contributed by atoms with Gasteiger partial charge in [-0.15, -0.1) is 0 Å². The monoisotopic (exact) mass is 378 g/mol. The molecule has 156 valence electrons. The first-order valence-corrected chi connectivity index (χ1v) is 11.8. The molecular formula is C24H42O3. The zero-order valence-electron chi connectivity index (χ0n) is 17.7. The molecule has 0 aromatic rings. The Kier molecular flexibility index (Phi) is 5.44. The third-order valence-electron chi connectivity index (χ3n) is 10.2. The van der Waals surface area contributed by atoms with E-state index in [-0.39, 0.29) is 17.6 Å². The molecule has 4 aliphatic rings. The fourth-order valence-electron chi connectivity index (χ4n) is 8.87. The number of aliphatic hydroxyl groups is 3. The van der Waals surface area contributed by atoms with Crippen molar-refractivity contribution in [2.24, 2.45) is 46.3 Å². The lowest BCUT2D eigenvalue weighted by molar-refractivity contribution is -0.172. The van der Waals surface area contributed by atoms with Crippen LogP contribution in [0.2, 0.25) is 0 Å². The van der Waals surface area contributed by atoms with E-state index in [1.165, 1.54) is 25.7 Å². The van der Waals surface area contributed by atoms with Crippen LogP contribution in [-0.2, 0) is 0 Å². The summed E-state index contributed by atoms with van der Waals surface area (Å²) in [5.41, 5.74) is 0.649. The molecule has 10 unspecified atom stereocenters. The minimum Gasteiger partial charge on any atom is -0.396 e. The smallest absolute Gasteiger partial charge is 0.0577 e. The molecule has 4 rings (SSSR count). The first-order valence-electron chi connectivity index (χ1n) is 11.8. The first-order chi connectivity index (χ1) is 12.8. The van der Waals surface area contributed by atoms with Gasteiger partial charge in [0.15, 0.2) is 0 Å². The summed E-state index contributed by atoms with van der Waals surface area (Å²) in [6.07, 6.45) is 10.8. The molecule has 4 aliphatic carbocycles. The van der Waals surface area contributed by atoms with Crippen LogP contribution in [0.25, 0.3) is 0 Å². The number of rotatable bonds is 4. The van der Waals surface area contributed by atoms with Crippen LogP contribution in [0.1, 0.15) is 85.0 Å². The molecule has 10 atom stereocenters. The molecule has 0 aromatic carbocycles. The van der Waals surface area contributed by atoms with Crippen molar-refractivity contribution in [3.05, 3.63) is 0 Å². The molecule has 3 heteroatoms. The van der Waals surface area contributed by atoms with E-state index in [1.807, 2.05) is 0 Å². The number of hydrogen-bond acceptors (Lipinski definition) is 3. The van der Waals surface area contributed by atoms with Gasteiger partial charge in [-0.1, -0.05) is 20.8 Å². The predicted octanol–water partition coefficient (Wildman–Crippen LogP) is 4.39. The second kappa shape index (κ2) is 7.29. The van der Waals surface area contributed by atoms with Gasteiger partial charge in [-0.3, -0.25) is 0 Å². The van der Waals surface area contributed by atoms with Gasteiger partial charge in [-0.2, -0.15) is 0 Å². The molecule has 0 spiro atoms. The highest BCUT2D eigenvalue weighted by Crippen LogP contribution is 2.68. The Morgan fingerprint density at radius 2 is 1.59 bits per heavy atom. The molecule has 4 fully saturated rings. The molecule has 0 amide bonds. The topological polar surface area (TPSA) is 60.7 Å². The van der Waals surface area contributed by atoms with Crippen LogP contribution in [0, 0.1) is 46.3 Å². The maximum absolute atomic E-state index is 11.1. The van der Waals surface area contributed by atoms with Crippen molar-refractivity contribution in [2.45, 2.75) is 97.2 Å². The lowest BCUT2D eigenvalue weighted by atomic mass is 9.44. The van der Waals surface area contributed by atoms with Crippen molar-refractivity contribution in [1.82, 2.24) is 0 Å². The summed E-state index contributed by atoms with van der Waals surface area (Å²) in [4.78, 5) is 0. The molecule has 3 nitrogen and oxygen atoms in total. The molecule has 0 radical (unpaired) electrons. The quantitative estimate of drug-likeness (QED) is 0.680. The summed E-state index contributed by atoms with van der Waals surface area (Å²) >= 11 is 0. The first kappa shape index (κ1) is 20.2. The van der Waals surface area contributed by atoms with E-state index < -0.39 is 0 Å². The van der Waals surface area contributed by atoms with Gasteiger partial charge in [0.05, 0.1) is 12.2 Å². The van der Waals surface area contributed by atoms with Gasteiger partial charge in [0.25, 0.3) is 0 Å². The zero-order valence-corrected chi connectivity index (χ0v) is 17.7. The Morgan fingerprint density at radius 1 is 0.889 bits per heavy atom. The van der Waals surface area contributed by atoms with Crippen LogP contribution in [0.3, 0.4) is 0 Å². The van der Waals surface area contributed by atoms with E-state index in [9.17, 15) is 15.3 Å². The van der Waals surface area contributed by atoms with Crippen molar-refractivity contribution < 1.29 is 15.3 Å². The maximum atomic E-state index is 11.1. The Morgan fingerprint density at radius 3 is 2.33 bits per heavy atom. The average Bonchev–Trinajstić information content (AvgIpc) is 2.99. The molecule has 4 saturated carbocycles. The SMILES string of the molecule is CC(CCCO)C1CCC2C3CC(O)C4CC(O)CCC4(C)C3CCC12C. The Bertz CT molecular complexity index is 536. The maximum Gasteiger partial charge on any atom is 0.0577 e. The predicted molar refractivity (Wildman–Crippen MR) is 108 cm³/mol. The van der Waals surface area contributed by atoms with E-state index in [2.05, 4.69) is 20.8 Å². The summed E-state index contributed by atoms with van der Waals surface area (Å²) < 4.78 is 0. The molecule has 0 heterocycles. The summed E-state index contributed by atoms with van der Waals surface area (Å²) in [5.74, 6) is 3.95. The molecule has 27 heavy (non-hydrogen) atoms. The Labute approximate surface area is 165 Å². The number of hydrogen-bond donors (Lipinski definition) is 3. The van der Waals surface area contributed by atoms with E-state index in [0.717, 1.165) is 56.3 Å². The third-order valence-corrected chi connectivity index (χ3v) is 10.2. The van der Waals surface area contributed by atoms with Crippen molar-refractivity contribution >= 4 is 0 Å². The highest BCUT2D eigenvalue weighted by molar-refractivity contribution is 5.11. The standard InChI is InChI=1S/C24H42O3/c1-15(5-4-12-25)18-6-7-19-17-14-22(27)21-13-16(26)8-10-24(21,3)20(17)9-11-23(18,19)2/h15-22,25-27H,4-14H2,1-3H3. The van der Waals surface area contributed by atoms with E-state index >= 15 is 0 Å². The number of fused-ring (bicyclic) bond motifs is 5. The van der Waals surface area contributed by atoms with Crippen LogP contribution in [0.5, 0.6) is 0 Å². The summed E-state index contributed by atoms with van der Waals surface area (Å²) in [6.45, 7) is 7.74. The highest BCUT2D eigenvalue weighted by Gasteiger charge is 2.62. The van der Waals surface area contributed by atoms with Crippen molar-refractivity contribution in [1.29, 1.82) is 0 Å². The van der Waals surface area contributed by atoms with Crippen LogP contribution >= 0.6 is 0 Å². The molecule has 0 saturated heterocycles. The third kappa shape index (κ3) is 3.11. The average molecular weight is 379 g/mol. The fraction of sp³-hybridized carbons (Fsp3) is 1.00. The van der Waals surface area contributed by atoms with Crippen molar-refractivity contribution in [3.63, 3.8) is 0 Å². The van der Waals surface area contributed by atoms with Crippen molar-refractivity contribution in [3.8, 4) is 0 Å². The molecular weight excluding hydrogens is 336 g/mol. The summed E-state index contributed by atoms with van der Waals surface area (Å²) in [5, 5.41) is 30.5. The van der Waals surface area contributed by atoms with Gasteiger partial charge in [-0.25, -0.2) is 0 Å². The summed E-state index contributed by atoms with van der Waals surface area (Å²) in [7, 11) is 0. The molecule has 0 aliphatic heterocycles. The van der Waals surface area contributed by atoms with Gasteiger partial charge in [-0.05, 0) is 111 Å². The van der Waals surface area contributed by atoms with Crippen LogP contribution in [0.15, 0.2) is 0 Å². The van der Waals surface area contributed by atoms with E-state index in [4.69, 9.17) is 0 Å². The van der Waals surface area contributed by atoms with Gasteiger partial charge in [0, 0.05) is 6.61 Å². The van der Waals surface area contributed by atoms with Gasteiger partial charge < -0.3 is 15.3 Å². The molecule has 3 N–H and O–H groups in total. The van der Waals surface area contributed by atoms with Crippen molar-refractivity contribution in [2.75, 3.05) is 6.61 Å². The van der Waals surface area contributed by atoms with Crippen LogP contribution in [-0.4, -0.2) is 34.1 Å². The largest absolute Gasteiger partial charge is 0.396 e. The second-order valence-corrected chi connectivity index (χ2v) is 11.3. The minimum absolute atomic E-state index is 0.202. The Balaban J connectivity index is 1.56. The minimum atomic E-state index is -0.223. The number of aliphatic hydroxyl groups excluding tert-OH is 3. The summed E-state index contributed by atoms with van der Waals surface area (Å²) in [6, 6.07) is 0. The van der Waals surface area contributed by atoms with Gasteiger partial charge >= 0.3 is 0 Å². The molecule has 0 aromatic heterocycles. The highest BCUT2D eigenvalue weighted by atomic mass is 16.3. The normalized spacial score (nSPS) is 53.3. The lowest BCUT2D eigenvalue weighted by Crippen LogP contribution is -2.58. The lowest BCUT2D eigenvalue weighted by Gasteiger charge is -2.62. The molecule has 0 bridgehead atoms. The van der Waals surface area contributed by atoms with Crippen LogP contribution in [0.4, 0.5) is 0 Å². The van der Waals surface area contributed by atoms with Gasteiger partial charge in [0.1, 0.15) is 0 Å². The van der Waals surface area contributed by atoms with E-state index in [0.29, 0.717) is 29.8 Å².